The van der Waals surface area contributed by atoms with E-state index >= 15 is 0 Å². The van der Waals surface area contributed by atoms with Crippen molar-refractivity contribution in [1.29, 1.82) is 0 Å². The molecule has 0 spiro atoms. The van der Waals surface area contributed by atoms with Gasteiger partial charge in [0, 0.05) is 31.1 Å². The number of benzene rings is 1. The first-order valence-corrected chi connectivity index (χ1v) is 12.8. The van der Waals surface area contributed by atoms with Gasteiger partial charge >= 0.3 is 11.9 Å². The summed E-state index contributed by atoms with van der Waals surface area (Å²) in [7, 11) is 0. The van der Waals surface area contributed by atoms with Crippen LogP contribution in [0.1, 0.15) is 26.5 Å². The minimum Gasteiger partial charge on any atom is -0.456 e. The van der Waals surface area contributed by atoms with Gasteiger partial charge in [0.25, 0.3) is 0 Å². The number of nitrogens with one attached hydrogen (secondary N) is 1. The number of carbonyl (C=O) groups is 2. The molecular weight excluding hydrogens is 505 g/mol. The van der Waals surface area contributed by atoms with Crippen LogP contribution < -0.4 is 5.32 Å². The number of imidazole rings is 1. The van der Waals surface area contributed by atoms with Gasteiger partial charge in [-0.3, -0.25) is 14.2 Å². The fourth-order valence-corrected chi connectivity index (χ4v) is 5.43. The van der Waals surface area contributed by atoms with Crippen LogP contribution in [0.25, 0.3) is 11.2 Å². The van der Waals surface area contributed by atoms with Gasteiger partial charge in [0.05, 0.1) is 19.0 Å². The first-order chi connectivity index (χ1) is 17.9. The maximum atomic E-state index is 14.2. The van der Waals surface area contributed by atoms with Crippen LogP contribution in [-0.2, 0) is 28.5 Å². The highest BCUT2D eigenvalue weighted by molar-refractivity contribution is 7.99. The predicted molar refractivity (Wildman–Crippen MR) is 130 cm³/mol. The first-order valence-electron chi connectivity index (χ1n) is 11.8. The molecule has 5 rings (SSSR count). The number of hydrogen-bond donors (Lipinski definition) is 1. The number of aromatic nitrogens is 4. The minimum absolute atomic E-state index is 0.105. The summed E-state index contributed by atoms with van der Waals surface area (Å²) < 4.78 is 38.8. The Kier molecular flexibility index (Phi) is 7.53. The molecule has 3 aromatic rings. The zero-order valence-corrected chi connectivity index (χ0v) is 21.0. The molecule has 11 nitrogen and oxygen atoms in total. The van der Waals surface area contributed by atoms with Crippen LogP contribution in [0.15, 0.2) is 41.8 Å². The van der Waals surface area contributed by atoms with Crippen molar-refractivity contribution in [2.75, 3.05) is 24.3 Å². The van der Waals surface area contributed by atoms with Gasteiger partial charge in [0.1, 0.15) is 18.2 Å². The molecule has 196 valence electrons. The van der Waals surface area contributed by atoms with Crippen LogP contribution >= 0.6 is 11.8 Å². The summed E-state index contributed by atoms with van der Waals surface area (Å²) in [6, 6.07) is 6.46. The summed E-state index contributed by atoms with van der Waals surface area (Å²) in [5, 5.41) is 3.33. The van der Waals surface area contributed by atoms with E-state index in [1.807, 2.05) is 0 Å². The van der Waals surface area contributed by atoms with E-state index < -0.39 is 36.5 Å². The second kappa shape index (κ2) is 11.0. The molecule has 0 radical (unpaired) electrons. The molecule has 0 saturated carbocycles. The van der Waals surface area contributed by atoms with E-state index in [9.17, 15) is 14.0 Å². The van der Waals surface area contributed by atoms with Gasteiger partial charge in [-0.2, -0.15) is 0 Å². The molecular formula is C24H26FN5O6S. The summed E-state index contributed by atoms with van der Waals surface area (Å²) in [4.78, 5) is 37.6. The van der Waals surface area contributed by atoms with Crippen molar-refractivity contribution in [2.45, 2.75) is 55.7 Å². The third-order valence-corrected chi connectivity index (χ3v) is 7.17. The fraction of sp³-hybridized carbons (Fsp3) is 0.458. The number of hydrogen-bond acceptors (Lipinski definition) is 11. The molecule has 2 aromatic heterocycles. The lowest BCUT2D eigenvalue weighted by atomic mass is 10.1. The fourth-order valence-electron chi connectivity index (χ4n) is 4.44. The van der Waals surface area contributed by atoms with E-state index in [1.165, 1.54) is 44.3 Å². The molecule has 13 heteroatoms. The Bertz CT molecular complexity index is 1290. The normalized spacial score (nSPS) is 25.3. The lowest BCUT2D eigenvalue weighted by molar-refractivity contribution is -0.165. The van der Waals surface area contributed by atoms with Gasteiger partial charge in [0.15, 0.2) is 35.4 Å². The zero-order chi connectivity index (χ0) is 25.9. The van der Waals surface area contributed by atoms with Crippen LogP contribution in [0.4, 0.5) is 10.2 Å². The van der Waals surface area contributed by atoms with E-state index in [2.05, 4.69) is 20.3 Å². The van der Waals surface area contributed by atoms with Crippen LogP contribution in [0, 0.1) is 5.82 Å². The molecule has 0 amide bonds. The Balaban J connectivity index is 1.46. The van der Waals surface area contributed by atoms with Crippen molar-refractivity contribution in [2.24, 2.45) is 0 Å². The molecule has 0 bridgehead atoms. The molecule has 1 N–H and O–H groups in total. The van der Waals surface area contributed by atoms with Gasteiger partial charge in [0.2, 0.25) is 0 Å². The Morgan fingerprint density at radius 1 is 1.16 bits per heavy atom. The van der Waals surface area contributed by atoms with Crippen molar-refractivity contribution in [1.82, 2.24) is 19.5 Å². The largest absolute Gasteiger partial charge is 0.456 e. The maximum absolute atomic E-state index is 14.2. The third kappa shape index (κ3) is 5.53. The quantitative estimate of drug-likeness (QED) is 0.340. The Labute approximate surface area is 216 Å². The van der Waals surface area contributed by atoms with E-state index in [0.717, 1.165) is 6.42 Å². The van der Waals surface area contributed by atoms with E-state index in [-0.39, 0.29) is 17.6 Å². The van der Waals surface area contributed by atoms with Crippen molar-refractivity contribution in [3.05, 3.63) is 42.7 Å². The second-order valence-electron chi connectivity index (χ2n) is 8.71. The highest BCUT2D eigenvalue weighted by Gasteiger charge is 2.50. The summed E-state index contributed by atoms with van der Waals surface area (Å²) in [5.41, 5.74) is 0.954. The number of anilines is 1. The molecule has 2 aliphatic heterocycles. The average molecular weight is 532 g/mol. The lowest BCUT2D eigenvalue weighted by Gasteiger charge is -2.23. The topological polar surface area (TPSA) is 127 Å². The first kappa shape index (κ1) is 25.4. The molecule has 2 aliphatic rings. The van der Waals surface area contributed by atoms with Gasteiger partial charge < -0.3 is 24.3 Å². The molecule has 37 heavy (non-hydrogen) atoms. The summed E-state index contributed by atoms with van der Waals surface area (Å²) >= 11 is 1.22. The molecule has 2 fully saturated rings. The minimum atomic E-state index is -0.986. The Morgan fingerprint density at radius 2 is 1.95 bits per heavy atom. The Hall–Kier alpha value is -3.29. The molecule has 1 aromatic carbocycles. The number of esters is 2. The number of carbonyl (C=O) groups excluding carboxylic acids is 2. The third-order valence-electron chi connectivity index (χ3n) is 6.03. The van der Waals surface area contributed by atoms with Crippen molar-refractivity contribution >= 4 is 40.7 Å². The standard InChI is InChI=1S/C24H26FN5O6S/c1-13(31)34-20-17(10-37-18-6-4-3-5-16(18)25)36-24(21(20)35-14(2)32)30-12-28-19-22(26-11-27-23(19)30)29-15-7-8-33-9-15/h3-6,11-12,15,17,20-21,24H,7-10H2,1-2H3,(H,26,27,29)/t15?,17-,20-,21-,24-/m1/s1. The second-order valence-corrected chi connectivity index (χ2v) is 9.77. The van der Waals surface area contributed by atoms with Gasteiger partial charge in [-0.05, 0) is 18.6 Å². The van der Waals surface area contributed by atoms with Gasteiger partial charge in [-0.25, -0.2) is 19.3 Å². The number of thioether (sulfide) groups is 1. The van der Waals surface area contributed by atoms with Crippen LogP contribution in [0.5, 0.6) is 0 Å². The van der Waals surface area contributed by atoms with E-state index in [1.54, 1.807) is 22.8 Å². The zero-order valence-electron chi connectivity index (χ0n) is 20.2. The number of fused-ring (bicyclic) bond motifs is 1. The number of halogens is 1. The SMILES string of the molecule is CC(=O)O[C@@H]1[C@H](OC(C)=O)[C@@H](CSc2ccccc2F)O[C@H]1n1cnc2c(NC3CCOC3)ncnc21. The summed E-state index contributed by atoms with van der Waals surface area (Å²) in [6.45, 7) is 3.77. The van der Waals surface area contributed by atoms with Crippen LogP contribution in [-0.4, -0.2) is 74.8 Å². The molecule has 0 aliphatic carbocycles. The summed E-state index contributed by atoms with van der Waals surface area (Å²) in [5.74, 6) is -0.711. The maximum Gasteiger partial charge on any atom is 0.303 e. The molecule has 1 unspecified atom stereocenters. The van der Waals surface area contributed by atoms with Crippen molar-refractivity contribution in [3.63, 3.8) is 0 Å². The Morgan fingerprint density at radius 3 is 2.68 bits per heavy atom. The highest BCUT2D eigenvalue weighted by atomic mass is 32.2. The number of ether oxygens (including phenoxy) is 4. The van der Waals surface area contributed by atoms with Crippen molar-refractivity contribution in [3.8, 4) is 0 Å². The highest BCUT2D eigenvalue weighted by Crippen LogP contribution is 2.38. The molecule has 2 saturated heterocycles. The van der Waals surface area contributed by atoms with E-state index in [0.29, 0.717) is 35.1 Å². The number of nitrogens with zero attached hydrogens (tertiary/aromatic N) is 4. The van der Waals surface area contributed by atoms with Gasteiger partial charge in [-0.1, -0.05) is 12.1 Å². The molecule has 5 atom stereocenters. The smallest absolute Gasteiger partial charge is 0.303 e. The lowest BCUT2D eigenvalue weighted by Crippen LogP contribution is -2.39. The average Bonchev–Trinajstić information content (AvgIpc) is 3.59. The van der Waals surface area contributed by atoms with Gasteiger partial charge in [-0.15, -0.1) is 11.8 Å². The van der Waals surface area contributed by atoms with Crippen LogP contribution in [0.2, 0.25) is 0 Å². The van der Waals surface area contributed by atoms with E-state index in [4.69, 9.17) is 18.9 Å². The number of rotatable bonds is 8. The monoisotopic (exact) mass is 531 g/mol. The van der Waals surface area contributed by atoms with Crippen molar-refractivity contribution < 1.29 is 32.9 Å². The summed E-state index contributed by atoms with van der Waals surface area (Å²) in [6.07, 6.45) is 0.241. The van der Waals surface area contributed by atoms with Crippen LogP contribution in [0.3, 0.4) is 0 Å². The predicted octanol–water partition coefficient (Wildman–Crippen LogP) is 2.72. The molecule has 4 heterocycles.